The van der Waals surface area contributed by atoms with Gasteiger partial charge in [0.25, 0.3) is 0 Å². The van der Waals surface area contributed by atoms with Crippen LogP contribution in [0.3, 0.4) is 0 Å². The van der Waals surface area contributed by atoms with Gasteiger partial charge in [0.15, 0.2) is 0 Å². The predicted octanol–water partition coefficient (Wildman–Crippen LogP) is 3.51. The molecule has 2 aromatic carbocycles. The van der Waals surface area contributed by atoms with Gasteiger partial charge in [0.05, 0.1) is 4.91 Å². The number of benzene rings is 2. The van der Waals surface area contributed by atoms with Crippen LogP contribution >= 0.6 is 0 Å². The van der Waals surface area contributed by atoms with Crippen molar-refractivity contribution in [3.8, 4) is 0 Å². The van der Waals surface area contributed by atoms with E-state index in [0.717, 1.165) is 11.1 Å². The number of hydrogen-bond donors (Lipinski definition) is 0. The number of halogens is 1. The average molecular weight is 389 g/mol. The Bertz CT molecular complexity index is 939. The molecule has 0 amide bonds. The summed E-state index contributed by atoms with van der Waals surface area (Å²) in [6.07, 6.45) is 2.93. The fourth-order valence-corrected chi connectivity index (χ4v) is 4.79. The molecule has 144 valence electrons. The average Bonchev–Trinajstić information content (AvgIpc) is 2.65. The van der Waals surface area contributed by atoms with Crippen molar-refractivity contribution >= 4 is 16.1 Å². The van der Waals surface area contributed by atoms with Crippen molar-refractivity contribution in [2.24, 2.45) is 0 Å². The molecular formula is C21H25FN2O2S. The van der Waals surface area contributed by atoms with Gasteiger partial charge < -0.3 is 4.90 Å². The van der Waals surface area contributed by atoms with E-state index in [0.29, 0.717) is 36.4 Å². The molecule has 0 atom stereocenters. The van der Waals surface area contributed by atoms with Crippen LogP contribution in [0.4, 0.5) is 4.39 Å². The lowest BCUT2D eigenvalue weighted by Crippen LogP contribution is -2.37. The predicted molar refractivity (Wildman–Crippen MR) is 107 cm³/mol. The molecule has 1 aliphatic rings. The third-order valence-corrected chi connectivity index (χ3v) is 6.76. The van der Waals surface area contributed by atoms with Gasteiger partial charge in [-0.15, -0.1) is 0 Å². The summed E-state index contributed by atoms with van der Waals surface area (Å²) >= 11 is 0. The Morgan fingerprint density at radius 1 is 0.963 bits per heavy atom. The van der Waals surface area contributed by atoms with E-state index in [9.17, 15) is 12.8 Å². The van der Waals surface area contributed by atoms with Gasteiger partial charge in [-0.2, -0.15) is 4.31 Å². The molecule has 0 unspecified atom stereocenters. The van der Waals surface area contributed by atoms with Crippen LogP contribution in [0.25, 0.3) is 6.08 Å². The molecule has 1 aliphatic carbocycles. The second-order valence-corrected chi connectivity index (χ2v) is 9.03. The number of sulfonamides is 1. The number of likely N-dealkylation sites (N-methyl/N-ethyl adjacent to an activating group) is 1. The summed E-state index contributed by atoms with van der Waals surface area (Å²) < 4.78 is 42.2. The molecule has 0 aliphatic heterocycles. The minimum Gasteiger partial charge on any atom is -0.308 e. The quantitative estimate of drug-likeness (QED) is 0.729. The molecule has 0 saturated carbocycles. The highest BCUT2D eigenvalue weighted by molar-refractivity contribution is 7.93. The lowest BCUT2D eigenvalue weighted by Gasteiger charge is -2.27. The van der Waals surface area contributed by atoms with Crippen molar-refractivity contribution in [1.29, 1.82) is 0 Å². The van der Waals surface area contributed by atoms with Gasteiger partial charge in [-0.1, -0.05) is 42.5 Å². The maximum absolute atomic E-state index is 14.1. The highest BCUT2D eigenvalue weighted by Crippen LogP contribution is 2.29. The normalized spacial score (nSPS) is 14.3. The minimum atomic E-state index is -3.68. The van der Waals surface area contributed by atoms with E-state index in [1.54, 1.807) is 24.3 Å². The van der Waals surface area contributed by atoms with Gasteiger partial charge in [-0.25, -0.2) is 12.8 Å². The van der Waals surface area contributed by atoms with Crippen LogP contribution in [0.5, 0.6) is 0 Å². The van der Waals surface area contributed by atoms with Gasteiger partial charge >= 0.3 is 0 Å². The van der Waals surface area contributed by atoms with Crippen molar-refractivity contribution in [3.05, 3.63) is 75.9 Å². The Morgan fingerprint density at radius 2 is 1.67 bits per heavy atom. The van der Waals surface area contributed by atoms with Crippen molar-refractivity contribution in [3.63, 3.8) is 0 Å². The van der Waals surface area contributed by atoms with Gasteiger partial charge in [-0.05, 0) is 50.2 Å². The molecule has 0 spiro atoms. The van der Waals surface area contributed by atoms with E-state index in [1.807, 2.05) is 43.3 Å². The molecule has 6 heteroatoms. The number of hydrogen-bond acceptors (Lipinski definition) is 3. The standard InChI is InChI=1S/C21H25FN2O2S/c1-23(2)13-14-24(16-19-9-5-6-10-21(19)22)27(25,26)20-12-11-17-7-3-4-8-18(17)15-20/h3-10,15H,11-14,16H2,1-2H3. The maximum atomic E-state index is 14.1. The smallest absolute Gasteiger partial charge is 0.239 e. The third-order valence-electron chi connectivity index (χ3n) is 4.78. The number of nitrogens with zero attached hydrogens (tertiary/aromatic N) is 2. The maximum Gasteiger partial charge on any atom is 0.239 e. The van der Waals surface area contributed by atoms with Crippen LogP contribution in [0.1, 0.15) is 23.1 Å². The monoisotopic (exact) mass is 388 g/mol. The van der Waals surface area contributed by atoms with Crippen molar-refractivity contribution in [2.75, 3.05) is 27.2 Å². The molecule has 0 heterocycles. The van der Waals surface area contributed by atoms with E-state index in [2.05, 4.69) is 0 Å². The van der Waals surface area contributed by atoms with E-state index in [-0.39, 0.29) is 12.4 Å². The van der Waals surface area contributed by atoms with Crippen LogP contribution < -0.4 is 0 Å². The number of fused-ring (bicyclic) bond motifs is 1. The minimum absolute atomic E-state index is 0.0296. The molecule has 3 rings (SSSR count). The molecular weight excluding hydrogens is 363 g/mol. The number of allylic oxidation sites excluding steroid dienone is 1. The Hall–Kier alpha value is -2.02. The zero-order chi connectivity index (χ0) is 19.4. The fraction of sp³-hybridized carbons (Fsp3) is 0.333. The zero-order valence-corrected chi connectivity index (χ0v) is 16.5. The van der Waals surface area contributed by atoms with Crippen molar-refractivity contribution in [1.82, 2.24) is 9.21 Å². The molecule has 0 bridgehead atoms. The number of aryl methyl sites for hydroxylation is 1. The van der Waals surface area contributed by atoms with Crippen LogP contribution in [-0.4, -0.2) is 44.8 Å². The molecule has 0 aromatic heterocycles. The van der Waals surface area contributed by atoms with Crippen LogP contribution in [0.15, 0.2) is 53.4 Å². The first-order chi connectivity index (χ1) is 12.9. The van der Waals surface area contributed by atoms with Crippen molar-refractivity contribution < 1.29 is 12.8 Å². The lowest BCUT2D eigenvalue weighted by molar-refractivity contribution is 0.328. The Balaban J connectivity index is 1.93. The van der Waals surface area contributed by atoms with Gasteiger partial charge in [0.2, 0.25) is 10.0 Å². The van der Waals surface area contributed by atoms with E-state index >= 15 is 0 Å². The highest BCUT2D eigenvalue weighted by atomic mass is 32.2. The molecule has 0 fully saturated rings. The molecule has 0 saturated heterocycles. The Kier molecular flexibility index (Phi) is 6.09. The summed E-state index contributed by atoms with van der Waals surface area (Å²) in [4.78, 5) is 2.32. The number of rotatable bonds is 7. The first kappa shape index (κ1) is 19.7. The largest absolute Gasteiger partial charge is 0.308 e. The highest BCUT2D eigenvalue weighted by Gasteiger charge is 2.29. The fourth-order valence-electron chi connectivity index (χ4n) is 3.19. The van der Waals surface area contributed by atoms with Crippen molar-refractivity contribution in [2.45, 2.75) is 19.4 Å². The summed E-state index contributed by atoms with van der Waals surface area (Å²) in [7, 11) is 0.109. The SMILES string of the molecule is CN(C)CCN(Cc1ccccc1F)S(=O)(=O)C1=Cc2ccccc2CC1. The summed E-state index contributed by atoms with van der Waals surface area (Å²) in [5.74, 6) is -0.384. The molecule has 27 heavy (non-hydrogen) atoms. The summed E-state index contributed by atoms with van der Waals surface area (Å²) in [5, 5.41) is 0. The van der Waals surface area contributed by atoms with Gasteiger partial charge in [0.1, 0.15) is 5.82 Å². The van der Waals surface area contributed by atoms with Gasteiger partial charge in [0, 0.05) is 25.2 Å². The van der Waals surface area contributed by atoms with Gasteiger partial charge in [-0.3, -0.25) is 0 Å². The lowest BCUT2D eigenvalue weighted by atomic mass is 9.98. The van der Waals surface area contributed by atoms with Crippen LogP contribution in [-0.2, 0) is 23.0 Å². The summed E-state index contributed by atoms with van der Waals surface area (Å²) in [6, 6.07) is 14.2. The summed E-state index contributed by atoms with van der Waals surface area (Å²) in [6.45, 7) is 0.905. The van der Waals surface area contributed by atoms with E-state index in [1.165, 1.54) is 10.4 Å². The second-order valence-electron chi connectivity index (χ2n) is 7.04. The van der Waals surface area contributed by atoms with E-state index in [4.69, 9.17) is 0 Å². The van der Waals surface area contributed by atoms with E-state index < -0.39 is 10.0 Å². The summed E-state index contributed by atoms with van der Waals surface area (Å²) in [5.41, 5.74) is 2.49. The molecule has 4 nitrogen and oxygen atoms in total. The zero-order valence-electron chi connectivity index (χ0n) is 15.7. The Morgan fingerprint density at radius 3 is 2.41 bits per heavy atom. The van der Waals surface area contributed by atoms with Crippen LogP contribution in [0, 0.1) is 5.82 Å². The molecule has 2 aromatic rings. The molecule has 0 radical (unpaired) electrons. The Labute approximate surface area is 161 Å². The second kappa shape index (κ2) is 8.33. The topological polar surface area (TPSA) is 40.6 Å². The molecule has 0 N–H and O–H groups in total. The first-order valence-electron chi connectivity index (χ1n) is 9.04. The third kappa shape index (κ3) is 4.64. The first-order valence-corrected chi connectivity index (χ1v) is 10.5. The van der Waals surface area contributed by atoms with Crippen LogP contribution in [0.2, 0.25) is 0 Å².